The smallest absolute Gasteiger partial charge is 0.407 e. The van der Waals surface area contributed by atoms with Crippen molar-refractivity contribution < 1.29 is 33.7 Å². The zero-order valence-corrected chi connectivity index (χ0v) is 19.6. The number of carboxylic acid groups (broad SMARTS) is 1. The van der Waals surface area contributed by atoms with Crippen LogP contribution in [0.1, 0.15) is 23.5 Å². The second-order valence-electron chi connectivity index (χ2n) is 8.74. The molecule has 35 heavy (non-hydrogen) atoms. The molecule has 4 rings (SSSR count). The molecule has 2 aromatic carbocycles. The van der Waals surface area contributed by atoms with Gasteiger partial charge in [-0.15, -0.1) is 0 Å². The van der Waals surface area contributed by atoms with Crippen molar-refractivity contribution in [2.24, 2.45) is 5.92 Å². The van der Waals surface area contributed by atoms with Crippen LogP contribution in [0.3, 0.4) is 0 Å². The number of hydrogen-bond acceptors (Lipinski definition) is 6. The van der Waals surface area contributed by atoms with Crippen LogP contribution in [0.4, 0.5) is 4.79 Å². The third-order valence-corrected chi connectivity index (χ3v) is 6.45. The number of rotatable bonds is 10. The van der Waals surface area contributed by atoms with E-state index in [1.807, 2.05) is 24.3 Å². The summed E-state index contributed by atoms with van der Waals surface area (Å²) in [6.07, 6.45) is -0.498. The summed E-state index contributed by atoms with van der Waals surface area (Å²) in [6.45, 7) is 0.661. The zero-order chi connectivity index (χ0) is 24.8. The summed E-state index contributed by atoms with van der Waals surface area (Å²) in [5, 5.41) is 11.8. The lowest BCUT2D eigenvalue weighted by Crippen LogP contribution is -2.42. The molecule has 186 valence electrons. The molecule has 2 aliphatic rings. The molecule has 0 unspecified atom stereocenters. The Morgan fingerprint density at radius 2 is 1.74 bits per heavy atom. The van der Waals surface area contributed by atoms with Gasteiger partial charge in [0.15, 0.2) is 0 Å². The van der Waals surface area contributed by atoms with Crippen molar-refractivity contribution in [1.82, 2.24) is 10.2 Å². The monoisotopic (exact) mass is 482 g/mol. The molecule has 0 spiro atoms. The van der Waals surface area contributed by atoms with E-state index in [4.69, 9.17) is 19.3 Å². The quantitative estimate of drug-likeness (QED) is 0.535. The van der Waals surface area contributed by atoms with E-state index in [1.54, 1.807) is 0 Å². The molecule has 1 heterocycles. The van der Waals surface area contributed by atoms with Crippen LogP contribution in [0.5, 0.6) is 0 Å². The van der Waals surface area contributed by atoms with Gasteiger partial charge in [-0.3, -0.25) is 9.59 Å². The summed E-state index contributed by atoms with van der Waals surface area (Å²) in [6, 6.07) is 16.3. The first-order chi connectivity index (χ1) is 17.0. The van der Waals surface area contributed by atoms with E-state index in [0.29, 0.717) is 6.42 Å². The molecular formula is C26H30N2O7. The van der Waals surface area contributed by atoms with Crippen molar-refractivity contribution in [2.45, 2.75) is 18.4 Å². The highest BCUT2D eigenvalue weighted by molar-refractivity contribution is 5.83. The average Bonchev–Trinajstić information content (AvgIpc) is 3.46. The van der Waals surface area contributed by atoms with E-state index in [9.17, 15) is 14.4 Å². The predicted octanol–water partition coefficient (Wildman–Crippen LogP) is 2.49. The van der Waals surface area contributed by atoms with Crippen molar-refractivity contribution in [3.8, 4) is 11.1 Å². The highest BCUT2D eigenvalue weighted by Gasteiger charge is 2.34. The molecular weight excluding hydrogens is 452 g/mol. The number of amides is 2. The van der Waals surface area contributed by atoms with Gasteiger partial charge < -0.3 is 29.5 Å². The number of nitrogens with zero attached hydrogens (tertiary/aromatic N) is 1. The molecule has 2 atom stereocenters. The Bertz CT molecular complexity index is 1030. The Balaban J connectivity index is 1.26. The number of methoxy groups -OCH3 is 1. The molecule has 0 aromatic heterocycles. The van der Waals surface area contributed by atoms with Gasteiger partial charge in [-0.1, -0.05) is 48.5 Å². The Hall–Kier alpha value is -3.43. The summed E-state index contributed by atoms with van der Waals surface area (Å²) in [5.41, 5.74) is 4.60. The Labute approximate surface area is 204 Å². The lowest BCUT2D eigenvalue weighted by atomic mass is 9.98. The average molecular weight is 483 g/mol. The van der Waals surface area contributed by atoms with Gasteiger partial charge in [0.2, 0.25) is 5.91 Å². The number of hydrogen-bond donors (Lipinski definition) is 2. The molecule has 0 saturated carbocycles. The minimum atomic E-state index is -1.08. The first kappa shape index (κ1) is 24.7. The van der Waals surface area contributed by atoms with Gasteiger partial charge in [0, 0.05) is 26.1 Å². The highest BCUT2D eigenvalue weighted by Crippen LogP contribution is 2.44. The van der Waals surface area contributed by atoms with E-state index in [0.717, 1.165) is 22.3 Å². The molecule has 0 bridgehead atoms. The van der Waals surface area contributed by atoms with E-state index < -0.39 is 18.0 Å². The Morgan fingerprint density at radius 3 is 2.37 bits per heavy atom. The Morgan fingerprint density at radius 1 is 1.09 bits per heavy atom. The first-order valence-corrected chi connectivity index (χ1v) is 11.7. The van der Waals surface area contributed by atoms with E-state index in [1.165, 1.54) is 12.0 Å². The summed E-state index contributed by atoms with van der Waals surface area (Å²) in [4.78, 5) is 37.5. The van der Waals surface area contributed by atoms with Gasteiger partial charge in [0.1, 0.15) is 13.2 Å². The third-order valence-electron chi connectivity index (χ3n) is 6.45. The second-order valence-corrected chi connectivity index (χ2v) is 8.74. The van der Waals surface area contributed by atoms with Crippen LogP contribution < -0.4 is 5.32 Å². The maximum Gasteiger partial charge on any atom is 0.407 e. The number of carbonyl (C=O) groups is 3. The fourth-order valence-electron chi connectivity index (χ4n) is 4.76. The molecule has 0 radical (unpaired) electrons. The molecule has 2 aromatic rings. The van der Waals surface area contributed by atoms with Gasteiger partial charge >= 0.3 is 12.1 Å². The molecule has 9 nitrogen and oxygen atoms in total. The van der Waals surface area contributed by atoms with Gasteiger partial charge in [0.25, 0.3) is 0 Å². The molecule has 9 heteroatoms. The van der Waals surface area contributed by atoms with Crippen LogP contribution in [0.25, 0.3) is 11.1 Å². The fraction of sp³-hybridized carbons (Fsp3) is 0.423. The van der Waals surface area contributed by atoms with Gasteiger partial charge in [-0.05, 0) is 28.7 Å². The summed E-state index contributed by atoms with van der Waals surface area (Å²) < 4.78 is 16.2. The molecule has 1 saturated heterocycles. The number of fused-ring (bicyclic) bond motifs is 3. The minimum Gasteiger partial charge on any atom is -0.480 e. The maximum absolute atomic E-state index is 12.7. The molecule has 1 aliphatic heterocycles. The van der Waals surface area contributed by atoms with Gasteiger partial charge in [-0.2, -0.15) is 0 Å². The second kappa shape index (κ2) is 11.3. The van der Waals surface area contributed by atoms with Gasteiger partial charge in [-0.25, -0.2) is 4.79 Å². The molecule has 2 amide bonds. The predicted molar refractivity (Wildman–Crippen MR) is 127 cm³/mol. The topological polar surface area (TPSA) is 114 Å². The largest absolute Gasteiger partial charge is 0.480 e. The zero-order valence-electron chi connectivity index (χ0n) is 19.6. The normalized spacial score (nSPS) is 18.5. The number of alkyl carbamates (subject to hydrolysis) is 1. The SMILES string of the molecule is COCCN(CC(=O)O)C(=O)[C@@H]1CO[C@H](CNC(=O)OCC2c3ccccc3-c3ccccc32)C1. The lowest BCUT2D eigenvalue weighted by Gasteiger charge is -2.23. The molecule has 1 aliphatic carbocycles. The van der Waals surface area contributed by atoms with Crippen LogP contribution in [0, 0.1) is 5.92 Å². The fourth-order valence-corrected chi connectivity index (χ4v) is 4.76. The summed E-state index contributed by atoms with van der Waals surface area (Å²) >= 11 is 0. The summed E-state index contributed by atoms with van der Waals surface area (Å²) in [5.74, 6) is -1.85. The van der Waals surface area contributed by atoms with Crippen LogP contribution in [-0.2, 0) is 23.8 Å². The van der Waals surface area contributed by atoms with Crippen LogP contribution in [-0.4, -0.2) is 80.6 Å². The molecule has 2 N–H and O–H groups in total. The van der Waals surface area contributed by atoms with Crippen molar-refractivity contribution in [1.29, 1.82) is 0 Å². The van der Waals surface area contributed by atoms with E-state index in [2.05, 4.69) is 29.6 Å². The van der Waals surface area contributed by atoms with Crippen LogP contribution in [0.2, 0.25) is 0 Å². The minimum absolute atomic E-state index is 0.0230. The van der Waals surface area contributed by atoms with Crippen LogP contribution >= 0.6 is 0 Å². The highest BCUT2D eigenvalue weighted by atomic mass is 16.5. The van der Waals surface area contributed by atoms with Crippen molar-refractivity contribution >= 4 is 18.0 Å². The third kappa shape index (κ3) is 5.80. The van der Waals surface area contributed by atoms with Crippen molar-refractivity contribution in [3.63, 3.8) is 0 Å². The lowest BCUT2D eigenvalue weighted by molar-refractivity contribution is -0.146. The summed E-state index contributed by atoms with van der Waals surface area (Å²) in [7, 11) is 1.49. The number of benzene rings is 2. The van der Waals surface area contributed by atoms with Gasteiger partial charge in [0.05, 0.1) is 25.2 Å². The number of ether oxygens (including phenoxy) is 3. The Kier molecular flexibility index (Phi) is 7.99. The maximum atomic E-state index is 12.7. The number of aliphatic carboxylic acids is 1. The van der Waals surface area contributed by atoms with Crippen molar-refractivity contribution in [3.05, 3.63) is 59.7 Å². The first-order valence-electron chi connectivity index (χ1n) is 11.7. The number of carbonyl (C=O) groups excluding carboxylic acids is 2. The number of carboxylic acids is 1. The molecule has 1 fully saturated rings. The number of nitrogens with one attached hydrogen (secondary N) is 1. The van der Waals surface area contributed by atoms with E-state index >= 15 is 0 Å². The van der Waals surface area contributed by atoms with E-state index in [-0.39, 0.29) is 57.4 Å². The van der Waals surface area contributed by atoms with Crippen molar-refractivity contribution in [2.75, 3.05) is 46.6 Å². The van der Waals surface area contributed by atoms with Crippen LogP contribution in [0.15, 0.2) is 48.5 Å². The standard InChI is InChI=1S/C26H30N2O7/c1-33-11-10-28(14-24(29)30)25(31)17-12-18(34-15-17)13-27-26(32)35-16-23-21-8-4-2-6-19(21)20-7-3-5-9-22(20)23/h2-9,17-18,23H,10-16H2,1H3,(H,27,32)(H,29,30)/t17-,18-/m0/s1.